The molecule has 8 fully saturated rings. The Morgan fingerprint density at radius 1 is 0.783 bits per heavy atom. The number of carboxylic acids is 1. The van der Waals surface area contributed by atoms with E-state index in [1.54, 1.807) is 0 Å². The molecule has 2 bridgehead atoms. The Kier molecular flexibility index (Phi) is 17.7. The standard InChI is InChI=1S/C19H28O8.3C5H10O.Na.H/c1-10-4-5-13-11(2)15(16(22)23-9-7-14(20)21)24-17-19(13)12(10)6-8-18(3,25-17)26-27-19;3*1-2-4-6-5-3-1;;/h10-13,15,17H,4-9H2,1-3H3,(H,20,21);3*1-5H2;;/q;;;;+1;-1/t10-,11-,12+,13+,15-,17-,18+,19?;;;;;/m1...../s1. The SMILES string of the molecule is C1CCOCC1.C1CCOCC1.C1CCOCC1.C[C@H]1[C@H](C(=O)OCCC(=O)O)O[C@@H]2O[C@]3(C)CC[C@H]4[C@H](C)CC[C@@H]1C24OO3.[H-].[Na+]. The summed E-state index contributed by atoms with van der Waals surface area (Å²) in [5.74, 6) is -1.87. The number of hydrogen-bond donors (Lipinski definition) is 1. The summed E-state index contributed by atoms with van der Waals surface area (Å²) in [6, 6.07) is 0. The average Bonchev–Trinajstić information content (AvgIpc) is 3.31. The third kappa shape index (κ3) is 11.1. The maximum Gasteiger partial charge on any atom is 1.00 e. The van der Waals surface area contributed by atoms with Gasteiger partial charge in [0.2, 0.25) is 5.79 Å². The van der Waals surface area contributed by atoms with Crippen molar-refractivity contribution in [2.24, 2.45) is 23.7 Å². The maximum atomic E-state index is 12.6. The average molecular weight is 667 g/mol. The fourth-order valence-corrected chi connectivity index (χ4v) is 7.56. The molecule has 1 unspecified atom stereocenters. The first-order valence-electron chi connectivity index (χ1n) is 17.6. The number of fused-ring (bicyclic) bond motifs is 2. The molecule has 0 radical (unpaired) electrons. The van der Waals surface area contributed by atoms with E-state index < -0.39 is 35.7 Å². The molecule has 0 aromatic heterocycles. The summed E-state index contributed by atoms with van der Waals surface area (Å²) in [4.78, 5) is 35.0. The molecule has 0 aromatic carbocycles. The second-order valence-corrected chi connectivity index (χ2v) is 13.7. The first-order valence-corrected chi connectivity index (χ1v) is 17.6. The molecule has 0 aromatic rings. The van der Waals surface area contributed by atoms with E-state index in [2.05, 4.69) is 6.92 Å². The monoisotopic (exact) mass is 666 g/mol. The van der Waals surface area contributed by atoms with Crippen LogP contribution in [0, 0.1) is 23.7 Å². The summed E-state index contributed by atoms with van der Waals surface area (Å²) in [7, 11) is 0. The number of carboxylic acid groups (broad SMARTS) is 1. The molecule has 1 spiro atoms. The molecule has 46 heavy (non-hydrogen) atoms. The van der Waals surface area contributed by atoms with Gasteiger partial charge in [0.25, 0.3) is 0 Å². The molecule has 7 saturated heterocycles. The largest absolute Gasteiger partial charge is 1.00 e. The second kappa shape index (κ2) is 20.4. The number of esters is 1. The molecule has 8 aliphatic rings. The Hall–Kier alpha value is -0.340. The number of rotatable bonds is 4. The predicted octanol–water partition coefficient (Wildman–Crippen LogP) is 2.93. The van der Waals surface area contributed by atoms with Crippen LogP contribution < -0.4 is 29.6 Å². The molecule has 7 aliphatic heterocycles. The van der Waals surface area contributed by atoms with Crippen molar-refractivity contribution in [1.29, 1.82) is 0 Å². The van der Waals surface area contributed by atoms with Gasteiger partial charge in [0.05, 0.1) is 6.42 Å². The van der Waals surface area contributed by atoms with Gasteiger partial charge in [-0.15, -0.1) is 0 Å². The van der Waals surface area contributed by atoms with Gasteiger partial charge in [0, 0.05) is 52.0 Å². The zero-order chi connectivity index (χ0) is 32.1. The van der Waals surface area contributed by atoms with E-state index >= 15 is 0 Å². The molecule has 8 rings (SSSR count). The zero-order valence-electron chi connectivity index (χ0n) is 29.8. The summed E-state index contributed by atoms with van der Waals surface area (Å²) in [5.41, 5.74) is -0.717. The normalized spacial score (nSPS) is 37.8. The molecule has 11 nitrogen and oxygen atoms in total. The fourth-order valence-electron chi connectivity index (χ4n) is 7.56. The number of ether oxygens (including phenoxy) is 6. The third-order valence-corrected chi connectivity index (χ3v) is 10.2. The van der Waals surface area contributed by atoms with Crippen LogP contribution >= 0.6 is 0 Å². The van der Waals surface area contributed by atoms with Gasteiger partial charge in [-0.25, -0.2) is 14.6 Å². The molecule has 8 atom stereocenters. The van der Waals surface area contributed by atoms with Crippen LogP contribution in [-0.4, -0.2) is 87.1 Å². The number of carbonyl (C=O) groups excluding carboxylic acids is 1. The minimum absolute atomic E-state index is 0. The molecule has 7 heterocycles. The Bertz CT molecular complexity index is 840. The Morgan fingerprint density at radius 2 is 1.33 bits per heavy atom. The van der Waals surface area contributed by atoms with Crippen molar-refractivity contribution in [2.75, 3.05) is 46.2 Å². The summed E-state index contributed by atoms with van der Waals surface area (Å²) in [5, 5.41) is 8.74. The van der Waals surface area contributed by atoms with Crippen LogP contribution in [0.5, 0.6) is 0 Å². The second-order valence-electron chi connectivity index (χ2n) is 13.7. The predicted molar refractivity (Wildman–Crippen MR) is 165 cm³/mol. The van der Waals surface area contributed by atoms with Crippen molar-refractivity contribution in [2.45, 2.75) is 134 Å². The van der Waals surface area contributed by atoms with E-state index in [1.807, 2.05) is 13.8 Å². The van der Waals surface area contributed by atoms with Crippen molar-refractivity contribution < 1.29 is 83.9 Å². The van der Waals surface area contributed by atoms with Crippen LogP contribution in [0.2, 0.25) is 0 Å². The Balaban J connectivity index is 0.000000310. The van der Waals surface area contributed by atoms with Crippen LogP contribution in [0.25, 0.3) is 0 Å². The smallest absolute Gasteiger partial charge is 1.00 e. The fraction of sp³-hybridized carbons (Fsp3) is 0.941. The van der Waals surface area contributed by atoms with E-state index in [0.717, 1.165) is 58.9 Å². The van der Waals surface area contributed by atoms with E-state index in [4.69, 9.17) is 43.3 Å². The minimum Gasteiger partial charge on any atom is -1.00 e. The van der Waals surface area contributed by atoms with Gasteiger partial charge < -0.3 is 35.0 Å². The molecule has 262 valence electrons. The quantitative estimate of drug-likeness (QED) is 0.270. The maximum absolute atomic E-state index is 12.6. The van der Waals surface area contributed by atoms with Crippen molar-refractivity contribution >= 4 is 11.9 Å². The zero-order valence-corrected chi connectivity index (χ0v) is 30.8. The first kappa shape index (κ1) is 40.1. The van der Waals surface area contributed by atoms with Gasteiger partial charge in [-0.2, -0.15) is 0 Å². The van der Waals surface area contributed by atoms with E-state index in [-0.39, 0.29) is 61.8 Å². The first-order chi connectivity index (χ1) is 21.8. The van der Waals surface area contributed by atoms with Crippen LogP contribution in [0.4, 0.5) is 0 Å². The topological polar surface area (TPSA) is 128 Å². The van der Waals surface area contributed by atoms with Crippen molar-refractivity contribution in [3.8, 4) is 0 Å². The van der Waals surface area contributed by atoms with Gasteiger partial charge in [0.15, 0.2) is 18.0 Å². The van der Waals surface area contributed by atoms with Gasteiger partial charge in [-0.1, -0.05) is 13.8 Å². The number of hydrogen-bond acceptors (Lipinski definition) is 10. The van der Waals surface area contributed by atoms with Crippen molar-refractivity contribution in [3.05, 3.63) is 0 Å². The van der Waals surface area contributed by atoms with Crippen LogP contribution in [-0.2, 0) is 47.8 Å². The van der Waals surface area contributed by atoms with Gasteiger partial charge in [-0.3, -0.25) is 4.79 Å². The van der Waals surface area contributed by atoms with Gasteiger partial charge in [0.1, 0.15) is 6.61 Å². The van der Waals surface area contributed by atoms with Gasteiger partial charge in [-0.05, 0) is 102 Å². The minimum atomic E-state index is -1.01. The Morgan fingerprint density at radius 3 is 1.78 bits per heavy atom. The molecule has 1 saturated carbocycles. The molecule has 1 N–H and O–H groups in total. The third-order valence-electron chi connectivity index (χ3n) is 10.2. The molecule has 12 heteroatoms. The molecular formula is C34H59NaO11. The summed E-state index contributed by atoms with van der Waals surface area (Å²) in [6.45, 7) is 11.9. The number of carbonyl (C=O) groups is 2. The summed E-state index contributed by atoms with van der Waals surface area (Å²) < 4.78 is 32.7. The van der Waals surface area contributed by atoms with E-state index in [9.17, 15) is 9.59 Å². The van der Waals surface area contributed by atoms with Crippen LogP contribution in [0.15, 0.2) is 0 Å². The summed E-state index contributed by atoms with van der Waals surface area (Å²) in [6.07, 6.45) is 13.6. The molecule has 0 amide bonds. The van der Waals surface area contributed by atoms with Crippen LogP contribution in [0.1, 0.15) is 112 Å². The van der Waals surface area contributed by atoms with Crippen molar-refractivity contribution in [3.63, 3.8) is 0 Å². The molecule has 1 aliphatic carbocycles. The molecular weight excluding hydrogens is 607 g/mol. The van der Waals surface area contributed by atoms with E-state index in [0.29, 0.717) is 12.3 Å². The van der Waals surface area contributed by atoms with E-state index in [1.165, 1.54) is 57.8 Å². The van der Waals surface area contributed by atoms with Crippen molar-refractivity contribution in [1.82, 2.24) is 0 Å². The van der Waals surface area contributed by atoms with Crippen LogP contribution in [0.3, 0.4) is 0 Å². The summed E-state index contributed by atoms with van der Waals surface area (Å²) >= 11 is 0. The number of aliphatic carboxylic acids is 1. The Labute approximate surface area is 299 Å². The van der Waals surface area contributed by atoms with Gasteiger partial charge >= 0.3 is 41.5 Å².